The highest BCUT2D eigenvalue weighted by Crippen LogP contribution is 2.38. The molecule has 1 aliphatic heterocycles. The van der Waals surface area contributed by atoms with E-state index in [4.69, 9.17) is 14.0 Å². The van der Waals surface area contributed by atoms with Crippen molar-refractivity contribution in [1.82, 2.24) is 5.32 Å². The van der Waals surface area contributed by atoms with Crippen LogP contribution in [0, 0.1) is 0 Å². The average Bonchev–Trinajstić information content (AvgIpc) is 2.51. The number of rotatable bonds is 6. The Morgan fingerprint density at radius 1 is 1.17 bits per heavy atom. The Hall–Kier alpha value is -0.925. The monoisotopic (exact) mass is 351 g/mol. The highest BCUT2D eigenvalue weighted by Gasteiger charge is 2.51. The molecule has 1 N–H and O–H groups in total. The molecular formula is C15H28BF2NO5. The molecule has 1 saturated heterocycles. The standard InChI is InChI=1S/C15H28BF2NO5/c1-13(2,3)22-12(20)19-10(9-21-11(17)18)8-16-23-14(4,5)15(6,7)24-16/h10-11H,8-9H2,1-7H3,(H,19,20)/t10-/m1/s1. The van der Waals surface area contributed by atoms with Gasteiger partial charge in [0.15, 0.2) is 0 Å². The fourth-order valence-electron chi connectivity index (χ4n) is 2.13. The van der Waals surface area contributed by atoms with Crippen LogP contribution >= 0.6 is 0 Å². The van der Waals surface area contributed by atoms with Crippen molar-refractivity contribution in [1.29, 1.82) is 0 Å². The molecule has 1 atom stereocenters. The van der Waals surface area contributed by atoms with Gasteiger partial charge in [0.1, 0.15) is 5.60 Å². The van der Waals surface area contributed by atoms with Crippen LogP contribution in [-0.2, 0) is 18.8 Å². The molecule has 0 saturated carbocycles. The topological polar surface area (TPSA) is 66.0 Å². The quantitative estimate of drug-likeness (QED) is 0.745. The Balaban J connectivity index is 2.68. The molecule has 0 aromatic carbocycles. The Morgan fingerprint density at radius 2 is 1.67 bits per heavy atom. The molecule has 0 spiro atoms. The molecule has 6 nitrogen and oxygen atoms in total. The van der Waals surface area contributed by atoms with Crippen molar-refractivity contribution in [3.05, 3.63) is 0 Å². The van der Waals surface area contributed by atoms with E-state index < -0.39 is 42.7 Å². The predicted octanol–water partition coefficient (Wildman–Crippen LogP) is 3.21. The fourth-order valence-corrected chi connectivity index (χ4v) is 2.13. The van der Waals surface area contributed by atoms with Crippen LogP contribution in [0.3, 0.4) is 0 Å². The number of carbonyl (C=O) groups excluding carboxylic acids is 1. The van der Waals surface area contributed by atoms with Gasteiger partial charge in [-0.2, -0.15) is 8.78 Å². The summed E-state index contributed by atoms with van der Waals surface area (Å²) in [6.07, 6.45) is -0.541. The van der Waals surface area contributed by atoms with Crippen LogP contribution < -0.4 is 5.32 Å². The van der Waals surface area contributed by atoms with Crippen molar-refractivity contribution in [2.24, 2.45) is 0 Å². The van der Waals surface area contributed by atoms with Gasteiger partial charge in [0.25, 0.3) is 0 Å². The third kappa shape index (κ3) is 6.53. The minimum absolute atomic E-state index is 0.165. The van der Waals surface area contributed by atoms with Crippen molar-refractivity contribution in [3.8, 4) is 0 Å². The van der Waals surface area contributed by atoms with Gasteiger partial charge in [-0.3, -0.25) is 0 Å². The van der Waals surface area contributed by atoms with Crippen LogP contribution in [0.5, 0.6) is 0 Å². The number of amides is 1. The normalized spacial score (nSPS) is 21.0. The first-order valence-corrected chi connectivity index (χ1v) is 7.97. The second kappa shape index (κ2) is 7.53. The van der Waals surface area contributed by atoms with Crippen LogP contribution in [-0.4, -0.2) is 49.3 Å². The lowest BCUT2D eigenvalue weighted by Gasteiger charge is -2.32. The Bertz CT molecular complexity index is 424. The summed E-state index contributed by atoms with van der Waals surface area (Å²) in [6, 6.07) is -0.733. The van der Waals surface area contributed by atoms with Gasteiger partial charge in [-0.15, -0.1) is 0 Å². The SMILES string of the molecule is CC(C)(C)OC(=O)N[C@@H](COC(F)F)CB1OC(C)(C)C(C)(C)O1. The van der Waals surface area contributed by atoms with E-state index in [0.29, 0.717) is 0 Å². The molecule has 1 rings (SSSR count). The van der Waals surface area contributed by atoms with E-state index in [-0.39, 0.29) is 12.9 Å². The van der Waals surface area contributed by atoms with Gasteiger partial charge in [0.05, 0.1) is 23.9 Å². The third-order valence-corrected chi connectivity index (χ3v) is 3.92. The average molecular weight is 351 g/mol. The molecule has 140 valence electrons. The lowest BCUT2D eigenvalue weighted by molar-refractivity contribution is -0.133. The summed E-state index contributed by atoms with van der Waals surface area (Å²) >= 11 is 0. The highest BCUT2D eigenvalue weighted by molar-refractivity contribution is 6.45. The van der Waals surface area contributed by atoms with Crippen molar-refractivity contribution in [2.45, 2.75) is 84.2 Å². The van der Waals surface area contributed by atoms with Crippen LogP contribution in [0.15, 0.2) is 0 Å². The molecule has 0 unspecified atom stereocenters. The fraction of sp³-hybridized carbons (Fsp3) is 0.933. The van der Waals surface area contributed by atoms with Gasteiger partial charge in [-0.05, 0) is 48.5 Å². The smallest absolute Gasteiger partial charge is 0.444 e. The van der Waals surface area contributed by atoms with Gasteiger partial charge >= 0.3 is 19.8 Å². The number of hydrogen-bond donors (Lipinski definition) is 1. The molecule has 1 aliphatic rings. The molecule has 1 amide bonds. The second-order valence-corrected chi connectivity index (χ2v) is 7.86. The molecule has 1 fully saturated rings. The molecule has 0 radical (unpaired) electrons. The van der Waals surface area contributed by atoms with E-state index in [1.165, 1.54) is 0 Å². The van der Waals surface area contributed by atoms with Crippen LogP contribution in [0.4, 0.5) is 13.6 Å². The maximum Gasteiger partial charge on any atom is 0.460 e. The summed E-state index contributed by atoms with van der Waals surface area (Å²) < 4.78 is 45.8. The molecule has 0 aromatic rings. The molecule has 9 heteroatoms. The van der Waals surface area contributed by atoms with Gasteiger partial charge in [0, 0.05) is 6.32 Å². The Morgan fingerprint density at radius 3 is 2.08 bits per heavy atom. The van der Waals surface area contributed by atoms with E-state index in [1.807, 2.05) is 27.7 Å². The summed E-state index contributed by atoms with van der Waals surface area (Å²) in [4.78, 5) is 11.9. The van der Waals surface area contributed by atoms with Crippen LogP contribution in [0.25, 0.3) is 0 Å². The summed E-state index contributed by atoms with van der Waals surface area (Å²) in [5.74, 6) is 0. The van der Waals surface area contributed by atoms with Crippen molar-refractivity contribution < 1.29 is 32.4 Å². The number of carbonyl (C=O) groups is 1. The van der Waals surface area contributed by atoms with E-state index >= 15 is 0 Å². The summed E-state index contributed by atoms with van der Waals surface area (Å²) in [6.45, 7) is 9.39. The Labute approximate surface area is 142 Å². The zero-order chi connectivity index (χ0) is 18.8. The zero-order valence-corrected chi connectivity index (χ0v) is 15.4. The molecule has 1 heterocycles. The number of alkyl carbamates (subject to hydrolysis) is 1. The van der Waals surface area contributed by atoms with Crippen molar-refractivity contribution in [3.63, 3.8) is 0 Å². The zero-order valence-electron chi connectivity index (χ0n) is 15.4. The first kappa shape index (κ1) is 21.1. The Kier molecular flexibility index (Phi) is 6.63. The minimum atomic E-state index is -2.92. The summed E-state index contributed by atoms with van der Waals surface area (Å²) in [5.41, 5.74) is -1.78. The summed E-state index contributed by atoms with van der Waals surface area (Å²) in [5, 5.41) is 2.53. The first-order valence-electron chi connectivity index (χ1n) is 7.97. The first-order chi connectivity index (χ1) is 10.7. The lowest BCUT2D eigenvalue weighted by Crippen LogP contribution is -2.44. The van der Waals surface area contributed by atoms with E-state index in [9.17, 15) is 13.6 Å². The van der Waals surface area contributed by atoms with Gasteiger partial charge in [0.2, 0.25) is 0 Å². The predicted molar refractivity (Wildman–Crippen MR) is 86.0 cm³/mol. The van der Waals surface area contributed by atoms with Gasteiger partial charge in [-0.1, -0.05) is 0 Å². The van der Waals surface area contributed by atoms with Gasteiger partial charge in [-0.25, -0.2) is 4.79 Å². The largest absolute Gasteiger partial charge is 0.460 e. The molecular weight excluding hydrogens is 323 g/mol. The van der Waals surface area contributed by atoms with Crippen molar-refractivity contribution >= 4 is 13.2 Å². The number of hydrogen-bond acceptors (Lipinski definition) is 5. The number of halogens is 2. The number of ether oxygens (including phenoxy) is 2. The molecule has 24 heavy (non-hydrogen) atoms. The van der Waals surface area contributed by atoms with Crippen molar-refractivity contribution in [2.75, 3.05) is 6.61 Å². The maximum atomic E-state index is 12.3. The second-order valence-electron chi connectivity index (χ2n) is 7.86. The minimum Gasteiger partial charge on any atom is -0.444 e. The number of alkyl halides is 2. The maximum absolute atomic E-state index is 12.3. The van der Waals surface area contributed by atoms with Crippen LogP contribution in [0.2, 0.25) is 6.32 Å². The molecule has 0 bridgehead atoms. The third-order valence-electron chi connectivity index (χ3n) is 3.92. The lowest BCUT2D eigenvalue weighted by atomic mass is 9.80. The van der Waals surface area contributed by atoms with Gasteiger partial charge < -0.3 is 24.1 Å². The van der Waals surface area contributed by atoms with E-state index in [1.54, 1.807) is 20.8 Å². The van der Waals surface area contributed by atoms with E-state index in [0.717, 1.165) is 0 Å². The highest BCUT2D eigenvalue weighted by atomic mass is 19.3. The number of nitrogens with one attached hydrogen (secondary N) is 1. The molecule has 0 aromatic heterocycles. The molecule has 0 aliphatic carbocycles. The summed E-state index contributed by atoms with van der Waals surface area (Å²) in [7, 11) is -0.642. The van der Waals surface area contributed by atoms with E-state index in [2.05, 4.69) is 10.1 Å². The van der Waals surface area contributed by atoms with Crippen LogP contribution in [0.1, 0.15) is 48.5 Å².